The summed E-state index contributed by atoms with van der Waals surface area (Å²) in [7, 11) is -4.59. The van der Waals surface area contributed by atoms with Gasteiger partial charge in [0.15, 0.2) is 6.10 Å². The number of phosphoric acid groups is 1. The Labute approximate surface area is 235 Å². The van der Waals surface area contributed by atoms with Crippen molar-refractivity contribution in [3.8, 4) is 0 Å². The third kappa shape index (κ3) is 25.4. The molecule has 0 aliphatic carbocycles. The van der Waals surface area contributed by atoms with E-state index in [1.165, 1.54) is 25.7 Å². The number of allylic oxidation sites excluding steroid dienone is 1. The topological polar surface area (TPSA) is 149 Å². The number of carbonyl (C=O) groups excluding carboxylic acids is 2. The maximum atomic E-state index is 12.4. The standard InChI is InChI=1S/C28H53O10P/c1-3-5-7-9-11-12-14-16-18-20-28(32)38-26(24-37-39(33,34)36-22-25(30)21-29)23-35-27(31)19-17-15-13-10-8-6-4-2/h3,25-26,29-30H,1,4-24H2,2H3,(H,33,34)/t25-,26+/m0/s1. The van der Waals surface area contributed by atoms with E-state index in [4.69, 9.17) is 19.1 Å². The first-order valence-corrected chi connectivity index (χ1v) is 16.1. The van der Waals surface area contributed by atoms with Crippen LogP contribution in [-0.4, -0.2) is 65.7 Å². The van der Waals surface area contributed by atoms with Gasteiger partial charge >= 0.3 is 19.8 Å². The quantitative estimate of drug-likeness (QED) is 0.0451. The number of rotatable bonds is 28. The zero-order valence-electron chi connectivity index (χ0n) is 23.9. The Morgan fingerprint density at radius 1 is 0.795 bits per heavy atom. The second-order valence-corrected chi connectivity index (χ2v) is 11.3. The highest BCUT2D eigenvalue weighted by Crippen LogP contribution is 2.43. The van der Waals surface area contributed by atoms with E-state index in [0.29, 0.717) is 12.8 Å². The van der Waals surface area contributed by atoms with Crippen molar-refractivity contribution in [1.29, 1.82) is 0 Å². The molecule has 39 heavy (non-hydrogen) atoms. The summed E-state index contributed by atoms with van der Waals surface area (Å²) in [5.41, 5.74) is 0. The lowest BCUT2D eigenvalue weighted by molar-refractivity contribution is -0.161. The first kappa shape index (κ1) is 37.7. The molecule has 0 saturated heterocycles. The third-order valence-electron chi connectivity index (χ3n) is 6.07. The van der Waals surface area contributed by atoms with Crippen LogP contribution in [0.4, 0.5) is 0 Å². The van der Waals surface area contributed by atoms with Crippen LogP contribution in [0.15, 0.2) is 12.7 Å². The van der Waals surface area contributed by atoms with Crippen LogP contribution in [0.3, 0.4) is 0 Å². The summed E-state index contributed by atoms with van der Waals surface area (Å²) in [6.07, 6.45) is 15.5. The highest BCUT2D eigenvalue weighted by Gasteiger charge is 2.27. The van der Waals surface area contributed by atoms with Gasteiger partial charge in [0.1, 0.15) is 12.7 Å². The molecule has 0 aliphatic rings. The second-order valence-electron chi connectivity index (χ2n) is 9.86. The van der Waals surface area contributed by atoms with Crippen molar-refractivity contribution < 1.29 is 47.8 Å². The first-order valence-electron chi connectivity index (χ1n) is 14.6. The smallest absolute Gasteiger partial charge is 0.462 e. The summed E-state index contributed by atoms with van der Waals surface area (Å²) in [4.78, 5) is 34.3. The molecule has 0 radical (unpaired) electrons. The summed E-state index contributed by atoms with van der Waals surface area (Å²) in [5.74, 6) is -0.950. The molecular weight excluding hydrogens is 527 g/mol. The summed E-state index contributed by atoms with van der Waals surface area (Å²) in [6.45, 7) is 3.76. The number of aliphatic hydroxyl groups is 2. The third-order valence-corrected chi connectivity index (χ3v) is 7.02. The molecule has 230 valence electrons. The van der Waals surface area contributed by atoms with E-state index in [1.54, 1.807) is 0 Å². The number of unbranched alkanes of at least 4 members (excludes halogenated alkanes) is 13. The van der Waals surface area contributed by atoms with Gasteiger partial charge in [-0.05, 0) is 25.7 Å². The van der Waals surface area contributed by atoms with E-state index in [9.17, 15) is 24.2 Å². The Bertz CT molecular complexity index is 673. The number of carbonyl (C=O) groups is 2. The minimum absolute atomic E-state index is 0.176. The maximum absolute atomic E-state index is 12.4. The average molecular weight is 581 g/mol. The maximum Gasteiger partial charge on any atom is 0.472 e. The van der Waals surface area contributed by atoms with Gasteiger partial charge < -0.3 is 24.6 Å². The first-order chi connectivity index (χ1) is 18.7. The van der Waals surface area contributed by atoms with E-state index in [1.807, 2.05) is 6.08 Å². The Morgan fingerprint density at radius 3 is 1.87 bits per heavy atom. The van der Waals surface area contributed by atoms with E-state index in [0.717, 1.165) is 57.8 Å². The van der Waals surface area contributed by atoms with Crippen molar-refractivity contribution in [2.24, 2.45) is 0 Å². The van der Waals surface area contributed by atoms with Gasteiger partial charge in [0.05, 0.1) is 19.8 Å². The molecule has 0 amide bonds. The van der Waals surface area contributed by atoms with Crippen molar-refractivity contribution in [2.75, 3.05) is 26.4 Å². The number of esters is 2. The molecule has 0 aromatic heterocycles. The van der Waals surface area contributed by atoms with Gasteiger partial charge in [-0.3, -0.25) is 18.6 Å². The SMILES string of the molecule is C=CCCCCCCCCCC(=O)O[C@H](COC(=O)CCCCCCCCC)COP(=O)(O)OC[C@@H](O)CO. The largest absolute Gasteiger partial charge is 0.472 e. The molecule has 3 atom stereocenters. The zero-order valence-corrected chi connectivity index (χ0v) is 24.8. The van der Waals surface area contributed by atoms with Crippen LogP contribution in [0.25, 0.3) is 0 Å². The predicted molar refractivity (Wildman–Crippen MR) is 150 cm³/mol. The normalized spacial score (nSPS) is 14.4. The molecule has 0 fully saturated rings. The molecule has 0 bridgehead atoms. The lowest BCUT2D eigenvalue weighted by atomic mass is 10.1. The number of hydrogen-bond donors (Lipinski definition) is 3. The monoisotopic (exact) mass is 580 g/mol. The molecule has 0 heterocycles. The molecule has 0 aliphatic heterocycles. The molecule has 0 aromatic carbocycles. The fraction of sp³-hybridized carbons (Fsp3) is 0.857. The fourth-order valence-corrected chi connectivity index (χ4v) is 4.52. The van der Waals surface area contributed by atoms with Gasteiger partial charge in [0, 0.05) is 12.8 Å². The number of phosphoric ester groups is 1. The summed E-state index contributed by atoms with van der Waals surface area (Å²) in [5, 5.41) is 18.1. The Hall–Kier alpha value is -1.29. The van der Waals surface area contributed by atoms with Gasteiger partial charge in [-0.15, -0.1) is 6.58 Å². The van der Waals surface area contributed by atoms with Gasteiger partial charge in [-0.1, -0.05) is 83.6 Å². The van der Waals surface area contributed by atoms with Gasteiger partial charge in [-0.2, -0.15) is 0 Å². The van der Waals surface area contributed by atoms with Crippen molar-refractivity contribution in [3.05, 3.63) is 12.7 Å². The average Bonchev–Trinajstić information content (AvgIpc) is 2.91. The zero-order chi connectivity index (χ0) is 29.2. The van der Waals surface area contributed by atoms with Crippen molar-refractivity contribution in [3.63, 3.8) is 0 Å². The molecule has 3 N–H and O–H groups in total. The molecule has 0 saturated carbocycles. The van der Waals surface area contributed by atoms with Gasteiger partial charge in [-0.25, -0.2) is 4.57 Å². The van der Waals surface area contributed by atoms with Crippen LogP contribution < -0.4 is 0 Å². The number of hydrogen-bond acceptors (Lipinski definition) is 9. The highest BCUT2D eigenvalue weighted by molar-refractivity contribution is 7.47. The van der Waals surface area contributed by atoms with Crippen molar-refractivity contribution in [1.82, 2.24) is 0 Å². The van der Waals surface area contributed by atoms with E-state index < -0.39 is 51.8 Å². The van der Waals surface area contributed by atoms with Gasteiger partial charge in [0.25, 0.3) is 0 Å². The minimum Gasteiger partial charge on any atom is -0.462 e. The summed E-state index contributed by atoms with van der Waals surface area (Å²) in [6, 6.07) is 0. The molecular formula is C28H53O10P. The number of aliphatic hydroxyl groups excluding tert-OH is 2. The van der Waals surface area contributed by atoms with Crippen molar-refractivity contribution in [2.45, 2.75) is 128 Å². The Kier molecular flexibility index (Phi) is 24.8. The molecule has 0 aromatic rings. The predicted octanol–water partition coefficient (Wildman–Crippen LogP) is 5.77. The number of ether oxygens (including phenoxy) is 2. The molecule has 11 heteroatoms. The molecule has 0 spiro atoms. The van der Waals surface area contributed by atoms with Crippen LogP contribution in [0.5, 0.6) is 0 Å². The van der Waals surface area contributed by atoms with Crippen LogP contribution >= 0.6 is 7.82 Å². The van der Waals surface area contributed by atoms with Crippen LogP contribution in [0.1, 0.15) is 116 Å². The van der Waals surface area contributed by atoms with E-state index >= 15 is 0 Å². The van der Waals surface area contributed by atoms with E-state index in [2.05, 4.69) is 18.0 Å². The van der Waals surface area contributed by atoms with E-state index in [-0.39, 0.29) is 19.4 Å². The Balaban J connectivity index is 4.51. The van der Waals surface area contributed by atoms with Crippen LogP contribution in [0.2, 0.25) is 0 Å². The van der Waals surface area contributed by atoms with Crippen LogP contribution in [0, 0.1) is 0 Å². The van der Waals surface area contributed by atoms with Crippen molar-refractivity contribution >= 4 is 19.8 Å². The van der Waals surface area contributed by atoms with Gasteiger partial charge in [0.2, 0.25) is 0 Å². The minimum atomic E-state index is -4.59. The summed E-state index contributed by atoms with van der Waals surface area (Å²) >= 11 is 0. The summed E-state index contributed by atoms with van der Waals surface area (Å²) < 4.78 is 32.2. The highest BCUT2D eigenvalue weighted by atomic mass is 31.2. The fourth-order valence-electron chi connectivity index (χ4n) is 3.73. The van der Waals surface area contributed by atoms with Crippen LogP contribution in [-0.2, 0) is 32.7 Å². The molecule has 0 rings (SSSR count). The lowest BCUT2D eigenvalue weighted by Gasteiger charge is -2.20. The Morgan fingerprint density at radius 2 is 1.31 bits per heavy atom. The molecule has 10 nitrogen and oxygen atoms in total. The molecule has 1 unspecified atom stereocenters. The lowest BCUT2D eigenvalue weighted by Crippen LogP contribution is -2.29. The second kappa shape index (κ2) is 25.7.